The molecule has 2 aromatic carbocycles. The lowest BCUT2D eigenvalue weighted by molar-refractivity contribution is -0.0979. The fourth-order valence-corrected chi connectivity index (χ4v) is 3.57. The normalized spacial score (nSPS) is 14.5. The Kier molecular flexibility index (Phi) is 12.9. The number of hydrogen-bond acceptors (Lipinski definition) is 4. The van der Waals surface area contributed by atoms with Gasteiger partial charge in [-0.15, -0.1) is 0 Å². The number of nitrogens with one attached hydrogen (secondary N) is 1. The van der Waals surface area contributed by atoms with Crippen molar-refractivity contribution in [1.82, 2.24) is 10.2 Å². The summed E-state index contributed by atoms with van der Waals surface area (Å²) in [5.41, 5.74) is 9.54. The molecule has 0 saturated carbocycles. The Hall–Kier alpha value is -2.01. The molecule has 29 heavy (non-hydrogen) atoms. The summed E-state index contributed by atoms with van der Waals surface area (Å²) >= 11 is 0. The van der Waals surface area contributed by atoms with Crippen molar-refractivity contribution in [3.05, 3.63) is 71.3 Å². The van der Waals surface area contributed by atoms with Crippen LogP contribution in [0.5, 0.6) is 0 Å². The Morgan fingerprint density at radius 3 is 2.14 bits per heavy atom. The van der Waals surface area contributed by atoms with Crippen LogP contribution in [-0.4, -0.2) is 44.0 Å². The number of hydrogen-bond donors (Lipinski definition) is 2. The third-order valence-corrected chi connectivity index (χ3v) is 5.39. The van der Waals surface area contributed by atoms with E-state index in [9.17, 15) is 0 Å². The molecule has 4 nitrogen and oxygen atoms in total. The zero-order chi connectivity index (χ0) is 21.5. The van der Waals surface area contributed by atoms with E-state index in [4.69, 9.17) is 10.5 Å². The number of carbonyl (C=O) groups is 1. The first-order valence-corrected chi connectivity index (χ1v) is 10.6. The summed E-state index contributed by atoms with van der Waals surface area (Å²) in [6.07, 6.45) is 3.69. The summed E-state index contributed by atoms with van der Waals surface area (Å²) in [6.45, 7) is 12.8. The second-order valence-corrected chi connectivity index (χ2v) is 7.75. The van der Waals surface area contributed by atoms with E-state index in [1.807, 2.05) is 12.9 Å². The number of carbonyl (C=O) groups excluding carboxylic acids is 1. The molecule has 4 heteroatoms. The molecule has 0 bridgehead atoms. The van der Waals surface area contributed by atoms with Crippen molar-refractivity contribution in [3.8, 4) is 0 Å². The van der Waals surface area contributed by atoms with Crippen molar-refractivity contribution in [1.29, 1.82) is 0 Å². The van der Waals surface area contributed by atoms with Crippen LogP contribution in [0.4, 0.5) is 0 Å². The van der Waals surface area contributed by atoms with Crippen molar-refractivity contribution < 1.29 is 4.79 Å². The molecule has 1 aliphatic rings. The number of benzene rings is 2. The monoisotopic (exact) mass is 397 g/mol. The molecule has 1 heterocycles. The van der Waals surface area contributed by atoms with Gasteiger partial charge in [0.15, 0.2) is 0 Å². The van der Waals surface area contributed by atoms with E-state index in [0.29, 0.717) is 12.7 Å². The summed E-state index contributed by atoms with van der Waals surface area (Å²) in [5, 5.41) is 3.07. The smallest absolute Gasteiger partial charge is 0.106 e. The second kappa shape index (κ2) is 14.9. The van der Waals surface area contributed by atoms with Crippen molar-refractivity contribution in [3.63, 3.8) is 0 Å². The van der Waals surface area contributed by atoms with Gasteiger partial charge in [0.05, 0.1) is 0 Å². The van der Waals surface area contributed by atoms with E-state index in [2.05, 4.69) is 79.5 Å². The summed E-state index contributed by atoms with van der Waals surface area (Å²) < 4.78 is 0. The number of nitrogens with zero attached hydrogens (tertiary/aromatic N) is 1. The Bertz CT molecular complexity index is 635. The molecule has 0 radical (unpaired) electrons. The highest BCUT2D eigenvalue weighted by molar-refractivity contribution is 5.25. The summed E-state index contributed by atoms with van der Waals surface area (Å²) in [4.78, 5) is 10.6. The largest absolute Gasteiger partial charge is 0.318 e. The number of nitrogens with two attached hydrogens (primary N) is 1. The van der Waals surface area contributed by atoms with Crippen LogP contribution in [0.25, 0.3) is 0 Å². The third kappa shape index (κ3) is 9.84. The van der Waals surface area contributed by atoms with Crippen LogP contribution < -0.4 is 11.1 Å². The average molecular weight is 398 g/mol. The predicted octanol–water partition coefficient (Wildman–Crippen LogP) is 4.13. The third-order valence-electron chi connectivity index (χ3n) is 5.39. The van der Waals surface area contributed by atoms with Crippen LogP contribution in [0.3, 0.4) is 0 Å². The summed E-state index contributed by atoms with van der Waals surface area (Å²) in [6, 6.07) is 20.2. The van der Waals surface area contributed by atoms with Crippen molar-refractivity contribution in [2.24, 2.45) is 5.73 Å². The van der Waals surface area contributed by atoms with Gasteiger partial charge in [-0.25, -0.2) is 0 Å². The molecule has 0 amide bonds. The molecule has 0 unspecified atom stereocenters. The van der Waals surface area contributed by atoms with E-state index >= 15 is 0 Å². The molecule has 1 saturated heterocycles. The van der Waals surface area contributed by atoms with Gasteiger partial charge in [0.2, 0.25) is 0 Å². The Balaban J connectivity index is 0.000000284. The Labute approximate surface area is 177 Å². The van der Waals surface area contributed by atoms with Gasteiger partial charge >= 0.3 is 0 Å². The maximum absolute atomic E-state index is 8.00. The minimum Gasteiger partial charge on any atom is -0.318 e. The van der Waals surface area contributed by atoms with Gasteiger partial charge in [0, 0.05) is 19.3 Å². The Morgan fingerprint density at radius 1 is 1.03 bits per heavy atom. The van der Waals surface area contributed by atoms with Crippen LogP contribution in [0.15, 0.2) is 54.6 Å². The lowest BCUT2D eigenvalue weighted by atomic mass is 9.88. The highest BCUT2D eigenvalue weighted by Gasteiger charge is 2.21. The molecule has 1 fully saturated rings. The lowest BCUT2D eigenvalue weighted by Gasteiger charge is -2.34. The lowest BCUT2D eigenvalue weighted by Crippen LogP contribution is -2.37. The van der Waals surface area contributed by atoms with Crippen molar-refractivity contribution in [2.45, 2.75) is 52.0 Å². The molecular formula is C25H39N3O. The highest BCUT2D eigenvalue weighted by Crippen LogP contribution is 2.28. The molecule has 3 rings (SSSR count). The second-order valence-electron chi connectivity index (χ2n) is 7.75. The first-order chi connectivity index (χ1) is 14.1. The highest BCUT2D eigenvalue weighted by atomic mass is 16.1. The van der Waals surface area contributed by atoms with Crippen LogP contribution >= 0.6 is 0 Å². The van der Waals surface area contributed by atoms with Gasteiger partial charge in [-0.05, 0) is 70.2 Å². The molecule has 0 spiro atoms. The predicted molar refractivity (Wildman–Crippen MR) is 124 cm³/mol. The number of piperidine rings is 1. The zero-order valence-corrected chi connectivity index (χ0v) is 18.4. The maximum Gasteiger partial charge on any atom is 0.106 e. The number of aryl methyl sites for hydroxylation is 1. The molecule has 3 N–H and O–H groups in total. The van der Waals surface area contributed by atoms with Gasteiger partial charge < -0.3 is 20.7 Å². The summed E-state index contributed by atoms with van der Waals surface area (Å²) in [5.74, 6) is 0.788. The Morgan fingerprint density at radius 2 is 1.62 bits per heavy atom. The minimum atomic E-state index is 0.562. The first kappa shape index (κ1) is 25.0. The van der Waals surface area contributed by atoms with Gasteiger partial charge in [-0.1, -0.05) is 60.2 Å². The van der Waals surface area contributed by atoms with E-state index < -0.39 is 0 Å². The minimum absolute atomic E-state index is 0.562. The number of likely N-dealkylation sites (tertiary alicyclic amines) is 1. The van der Waals surface area contributed by atoms with Gasteiger partial charge in [0.1, 0.15) is 6.79 Å². The molecule has 2 aromatic rings. The van der Waals surface area contributed by atoms with Crippen molar-refractivity contribution >= 4 is 6.79 Å². The van der Waals surface area contributed by atoms with E-state index in [-0.39, 0.29) is 0 Å². The summed E-state index contributed by atoms with van der Waals surface area (Å²) in [7, 11) is 0. The molecule has 1 aliphatic heterocycles. The van der Waals surface area contributed by atoms with E-state index in [1.165, 1.54) is 42.6 Å². The van der Waals surface area contributed by atoms with Crippen LogP contribution in [0.1, 0.15) is 49.3 Å². The van der Waals surface area contributed by atoms with Crippen LogP contribution in [0.2, 0.25) is 0 Å². The molecule has 0 aliphatic carbocycles. The molecule has 0 aromatic heterocycles. The standard InChI is InChI=1S/C15H23N.C9H14N2.CH2O/c1-12(2)16-10-8-15(9-11-16)14-6-4-13(3)5-7-14;10-8-11-7-6-9-4-2-1-3-5-9;1-2/h4-7,12,15H,8-11H2,1-3H3;1-5,11H,6-8,10H2;1H2. The van der Waals surface area contributed by atoms with Crippen LogP contribution in [0, 0.1) is 6.92 Å². The van der Waals surface area contributed by atoms with Gasteiger partial charge in [-0.3, -0.25) is 0 Å². The zero-order valence-electron chi connectivity index (χ0n) is 18.4. The molecular weight excluding hydrogens is 358 g/mol. The fourth-order valence-electron chi connectivity index (χ4n) is 3.57. The van der Waals surface area contributed by atoms with Crippen LogP contribution in [-0.2, 0) is 11.2 Å². The van der Waals surface area contributed by atoms with Gasteiger partial charge in [-0.2, -0.15) is 0 Å². The quantitative estimate of drug-likeness (QED) is 0.568. The van der Waals surface area contributed by atoms with Gasteiger partial charge in [0.25, 0.3) is 0 Å². The topological polar surface area (TPSA) is 58.4 Å². The fraction of sp³-hybridized carbons (Fsp3) is 0.480. The molecule has 160 valence electrons. The average Bonchev–Trinajstić information content (AvgIpc) is 2.77. The first-order valence-electron chi connectivity index (χ1n) is 10.6. The van der Waals surface area contributed by atoms with Crippen molar-refractivity contribution in [2.75, 3.05) is 26.3 Å². The van der Waals surface area contributed by atoms with E-state index in [1.54, 1.807) is 0 Å². The molecule has 0 atom stereocenters. The number of rotatable bonds is 6. The maximum atomic E-state index is 8.00. The van der Waals surface area contributed by atoms with E-state index in [0.717, 1.165) is 18.9 Å². The SMILES string of the molecule is C=O.Cc1ccc(C2CCN(C(C)C)CC2)cc1.NCNCCc1ccccc1.